The van der Waals surface area contributed by atoms with E-state index in [0.717, 1.165) is 17.7 Å². The number of carboxylic acid groups (broad SMARTS) is 1. The van der Waals surface area contributed by atoms with Gasteiger partial charge in [0.2, 0.25) is 0 Å². The molecule has 25 heavy (non-hydrogen) atoms. The molecule has 0 saturated carbocycles. The van der Waals surface area contributed by atoms with Gasteiger partial charge in [0.05, 0.1) is 23.4 Å². The van der Waals surface area contributed by atoms with Crippen LogP contribution in [0.2, 0.25) is 0 Å². The first-order valence-electron chi connectivity index (χ1n) is 8.16. The molecule has 0 saturated heterocycles. The van der Waals surface area contributed by atoms with Crippen LogP contribution in [0.3, 0.4) is 0 Å². The summed E-state index contributed by atoms with van der Waals surface area (Å²) in [6, 6.07) is 10.2. The van der Waals surface area contributed by atoms with Crippen LogP contribution in [0.1, 0.15) is 34.1 Å². The van der Waals surface area contributed by atoms with Crippen molar-refractivity contribution >= 4 is 23.2 Å². The molecule has 1 heterocycles. The third-order valence-electron chi connectivity index (χ3n) is 4.38. The second-order valence-electron chi connectivity index (χ2n) is 6.64. The molecular formula is C19H21NO4S. The third-order valence-corrected chi connectivity index (χ3v) is 5.59. The number of aryl methyl sites for hydroxylation is 2. The Morgan fingerprint density at radius 1 is 1.28 bits per heavy atom. The van der Waals surface area contributed by atoms with Crippen LogP contribution in [-0.2, 0) is 22.4 Å². The summed E-state index contributed by atoms with van der Waals surface area (Å²) in [6.07, 6.45) is 1.70. The Bertz CT molecular complexity index is 814. The molecule has 0 fully saturated rings. The maximum atomic E-state index is 12.7. The Balaban J connectivity index is 1.85. The van der Waals surface area contributed by atoms with Gasteiger partial charge in [-0.3, -0.25) is 9.59 Å². The van der Waals surface area contributed by atoms with Crippen molar-refractivity contribution in [3.05, 3.63) is 46.3 Å². The van der Waals surface area contributed by atoms with Gasteiger partial charge in [-0.05, 0) is 42.5 Å². The van der Waals surface area contributed by atoms with Gasteiger partial charge in [0.15, 0.2) is 0 Å². The highest BCUT2D eigenvalue weighted by Crippen LogP contribution is 2.39. The van der Waals surface area contributed by atoms with Crippen LogP contribution in [0, 0.1) is 0 Å². The topological polar surface area (TPSA) is 75.6 Å². The number of hydrogen-bond donors (Lipinski definition) is 2. The van der Waals surface area contributed by atoms with Crippen molar-refractivity contribution in [1.29, 1.82) is 0 Å². The zero-order valence-electron chi connectivity index (χ0n) is 14.3. The number of thiophene rings is 1. The van der Waals surface area contributed by atoms with Gasteiger partial charge in [-0.25, -0.2) is 0 Å². The van der Waals surface area contributed by atoms with Crippen LogP contribution in [0.25, 0.3) is 10.4 Å². The Morgan fingerprint density at radius 2 is 2.00 bits per heavy atom. The summed E-state index contributed by atoms with van der Waals surface area (Å²) in [5, 5.41) is 11.9. The Labute approximate surface area is 150 Å². The minimum atomic E-state index is -0.973. The van der Waals surface area contributed by atoms with Gasteiger partial charge in [-0.2, -0.15) is 0 Å². The van der Waals surface area contributed by atoms with Crippen LogP contribution in [0.4, 0.5) is 0 Å². The highest BCUT2D eigenvalue weighted by atomic mass is 32.1. The number of carbonyl (C=O) groups is 2. The molecule has 1 unspecified atom stereocenters. The number of carbonyl (C=O) groups excluding carboxylic acids is 1. The largest absolute Gasteiger partial charge is 0.481 e. The first kappa shape index (κ1) is 17.6. The second kappa shape index (κ2) is 6.98. The monoisotopic (exact) mass is 359 g/mol. The molecule has 2 N–H and O–H groups in total. The van der Waals surface area contributed by atoms with Crippen molar-refractivity contribution in [3.63, 3.8) is 0 Å². The van der Waals surface area contributed by atoms with E-state index in [1.807, 2.05) is 18.2 Å². The quantitative estimate of drug-likeness (QED) is 0.831. The fourth-order valence-corrected chi connectivity index (χ4v) is 4.47. The molecule has 1 aliphatic rings. The SMILES string of the molecule is COCC(C)(CC(=O)O)NC(=O)c1cc2c(s1)-c1ccccc1CC2. The summed E-state index contributed by atoms with van der Waals surface area (Å²) in [4.78, 5) is 25.5. The van der Waals surface area contributed by atoms with Gasteiger partial charge in [0, 0.05) is 12.0 Å². The van der Waals surface area contributed by atoms with E-state index >= 15 is 0 Å². The molecule has 0 radical (unpaired) electrons. The summed E-state index contributed by atoms with van der Waals surface area (Å²) in [7, 11) is 1.49. The molecule has 1 amide bonds. The van der Waals surface area contributed by atoms with E-state index in [-0.39, 0.29) is 18.9 Å². The maximum Gasteiger partial charge on any atom is 0.305 e. The predicted octanol–water partition coefficient (Wildman–Crippen LogP) is 3.12. The van der Waals surface area contributed by atoms with E-state index in [1.54, 1.807) is 6.92 Å². The number of hydrogen-bond acceptors (Lipinski definition) is 4. The number of amides is 1. The normalized spacial score (nSPS) is 15.0. The summed E-state index contributed by atoms with van der Waals surface area (Å²) in [6.45, 7) is 1.82. The van der Waals surface area contributed by atoms with Gasteiger partial charge in [-0.15, -0.1) is 11.3 Å². The van der Waals surface area contributed by atoms with Gasteiger partial charge in [-0.1, -0.05) is 24.3 Å². The van der Waals surface area contributed by atoms with Crippen LogP contribution in [0.5, 0.6) is 0 Å². The molecule has 6 heteroatoms. The molecule has 1 aromatic carbocycles. The number of methoxy groups -OCH3 is 1. The lowest BCUT2D eigenvalue weighted by Crippen LogP contribution is -2.50. The van der Waals surface area contributed by atoms with E-state index in [1.165, 1.54) is 35.1 Å². The van der Waals surface area contributed by atoms with Gasteiger partial charge >= 0.3 is 5.97 Å². The lowest BCUT2D eigenvalue weighted by atomic mass is 9.91. The number of rotatable bonds is 6. The molecule has 1 atom stereocenters. The van der Waals surface area contributed by atoms with Crippen LogP contribution >= 0.6 is 11.3 Å². The molecule has 2 aromatic rings. The standard InChI is InChI=1S/C19H21NO4S/c1-19(11-24-2,10-16(21)22)20-18(23)15-9-13-8-7-12-5-3-4-6-14(12)17(13)25-15/h3-6,9H,7-8,10-11H2,1-2H3,(H,20,23)(H,21,22). The van der Waals surface area contributed by atoms with Gasteiger partial charge in [0.1, 0.15) is 0 Å². The minimum Gasteiger partial charge on any atom is -0.481 e. The van der Waals surface area contributed by atoms with Crippen LogP contribution in [0.15, 0.2) is 30.3 Å². The van der Waals surface area contributed by atoms with Crippen molar-refractivity contribution in [2.45, 2.75) is 31.7 Å². The van der Waals surface area contributed by atoms with Crippen molar-refractivity contribution in [1.82, 2.24) is 5.32 Å². The Morgan fingerprint density at radius 3 is 2.72 bits per heavy atom. The molecule has 3 rings (SSSR count). The number of fused-ring (bicyclic) bond motifs is 3. The fourth-order valence-electron chi connectivity index (χ4n) is 3.30. The molecule has 1 aliphatic carbocycles. The molecule has 0 spiro atoms. The molecule has 1 aromatic heterocycles. The zero-order valence-corrected chi connectivity index (χ0v) is 15.1. The average Bonchev–Trinajstić information content (AvgIpc) is 2.98. The summed E-state index contributed by atoms with van der Waals surface area (Å²) in [5.74, 6) is -1.23. The van der Waals surface area contributed by atoms with E-state index in [9.17, 15) is 9.59 Å². The average molecular weight is 359 g/mol. The van der Waals surface area contributed by atoms with Crippen molar-refractivity contribution in [3.8, 4) is 10.4 Å². The van der Waals surface area contributed by atoms with Crippen molar-refractivity contribution in [2.75, 3.05) is 13.7 Å². The lowest BCUT2D eigenvalue weighted by Gasteiger charge is -2.28. The fraction of sp³-hybridized carbons (Fsp3) is 0.368. The third kappa shape index (κ3) is 3.75. The molecular weight excluding hydrogens is 338 g/mol. The first-order chi connectivity index (χ1) is 11.9. The maximum absolute atomic E-state index is 12.7. The lowest BCUT2D eigenvalue weighted by molar-refractivity contribution is -0.139. The number of benzene rings is 1. The zero-order chi connectivity index (χ0) is 18.0. The predicted molar refractivity (Wildman–Crippen MR) is 97.2 cm³/mol. The smallest absolute Gasteiger partial charge is 0.305 e. The second-order valence-corrected chi connectivity index (χ2v) is 7.69. The minimum absolute atomic E-state index is 0.138. The summed E-state index contributed by atoms with van der Waals surface area (Å²) in [5.41, 5.74) is 2.73. The number of carboxylic acids is 1. The van der Waals surface area contributed by atoms with Gasteiger partial charge in [0.25, 0.3) is 5.91 Å². The van der Waals surface area contributed by atoms with E-state index < -0.39 is 11.5 Å². The number of aliphatic carboxylic acids is 1. The van der Waals surface area contributed by atoms with Crippen LogP contribution < -0.4 is 5.32 Å². The highest BCUT2D eigenvalue weighted by molar-refractivity contribution is 7.17. The first-order valence-corrected chi connectivity index (χ1v) is 8.98. The molecule has 0 bridgehead atoms. The van der Waals surface area contributed by atoms with Crippen molar-refractivity contribution in [2.24, 2.45) is 0 Å². The number of ether oxygens (including phenoxy) is 1. The summed E-state index contributed by atoms with van der Waals surface area (Å²) >= 11 is 1.46. The van der Waals surface area contributed by atoms with Crippen LogP contribution in [-0.4, -0.2) is 36.2 Å². The Hall–Kier alpha value is -2.18. The van der Waals surface area contributed by atoms with E-state index in [0.29, 0.717) is 4.88 Å². The number of nitrogens with one attached hydrogen (secondary N) is 1. The molecule has 0 aliphatic heterocycles. The van der Waals surface area contributed by atoms with Gasteiger partial charge < -0.3 is 15.2 Å². The van der Waals surface area contributed by atoms with Crippen molar-refractivity contribution < 1.29 is 19.4 Å². The Kier molecular flexibility index (Phi) is 4.92. The molecule has 132 valence electrons. The van der Waals surface area contributed by atoms with E-state index in [2.05, 4.69) is 17.4 Å². The van der Waals surface area contributed by atoms with E-state index in [4.69, 9.17) is 9.84 Å². The highest BCUT2D eigenvalue weighted by Gasteiger charge is 2.31. The summed E-state index contributed by atoms with van der Waals surface area (Å²) < 4.78 is 5.10. The molecule has 5 nitrogen and oxygen atoms in total.